The molecule has 4 rings (SSSR count). The molecule has 33 heavy (non-hydrogen) atoms. The van der Waals surface area contributed by atoms with Crippen molar-refractivity contribution in [1.29, 1.82) is 0 Å². The van der Waals surface area contributed by atoms with E-state index in [4.69, 9.17) is 10.3 Å². The molecule has 10 heteroatoms. The second-order valence-corrected chi connectivity index (χ2v) is 8.87. The Morgan fingerprint density at radius 1 is 1.24 bits per heavy atom. The lowest BCUT2D eigenvalue weighted by molar-refractivity contribution is -0.134. The van der Waals surface area contributed by atoms with E-state index in [9.17, 15) is 14.4 Å². The number of amides is 3. The third-order valence-corrected chi connectivity index (χ3v) is 6.21. The molecular weight excluding hydrogens is 424 g/mol. The summed E-state index contributed by atoms with van der Waals surface area (Å²) in [6.45, 7) is 2.94. The molecule has 2 aromatic heterocycles. The number of piperidine rings is 1. The summed E-state index contributed by atoms with van der Waals surface area (Å²) in [5, 5.41) is 9.65. The van der Waals surface area contributed by atoms with Crippen molar-refractivity contribution >= 4 is 17.7 Å². The monoisotopic (exact) mass is 454 g/mol. The predicted octanol–water partition coefficient (Wildman–Crippen LogP) is 0.948. The van der Waals surface area contributed by atoms with Crippen LogP contribution in [0.15, 0.2) is 35.1 Å². The van der Waals surface area contributed by atoms with E-state index in [0.717, 1.165) is 18.4 Å². The van der Waals surface area contributed by atoms with Crippen LogP contribution >= 0.6 is 0 Å². The Kier molecular flexibility index (Phi) is 7.02. The molecule has 1 aliphatic heterocycles. The van der Waals surface area contributed by atoms with Gasteiger partial charge < -0.3 is 25.8 Å². The van der Waals surface area contributed by atoms with Gasteiger partial charge >= 0.3 is 0 Å². The van der Waals surface area contributed by atoms with Gasteiger partial charge in [0.15, 0.2) is 5.69 Å². The Labute approximate surface area is 192 Å². The highest BCUT2D eigenvalue weighted by molar-refractivity contribution is 5.96. The van der Waals surface area contributed by atoms with Gasteiger partial charge in [-0.05, 0) is 50.2 Å². The number of aromatic nitrogens is 2. The molecule has 1 unspecified atom stereocenters. The average Bonchev–Trinajstić information content (AvgIpc) is 3.57. The van der Waals surface area contributed by atoms with Crippen LogP contribution in [-0.4, -0.2) is 57.9 Å². The minimum atomic E-state index is -0.761. The van der Waals surface area contributed by atoms with Gasteiger partial charge in [-0.2, -0.15) is 0 Å². The Balaban J connectivity index is 1.43. The van der Waals surface area contributed by atoms with E-state index in [1.54, 1.807) is 36.4 Å². The third-order valence-electron chi connectivity index (χ3n) is 6.21. The van der Waals surface area contributed by atoms with Crippen LogP contribution in [0.5, 0.6) is 0 Å². The van der Waals surface area contributed by atoms with Crippen molar-refractivity contribution in [2.24, 2.45) is 11.7 Å². The molecule has 1 saturated heterocycles. The SMILES string of the molecule is C[C@H](N)C(=O)N1CCC(C(NC(=O)c2cc(C3CC3)on2)C(=O)NCc2cccnc2)CC1. The number of nitrogens with zero attached hydrogens (tertiary/aromatic N) is 3. The zero-order valence-corrected chi connectivity index (χ0v) is 18.7. The van der Waals surface area contributed by atoms with E-state index in [2.05, 4.69) is 20.8 Å². The van der Waals surface area contributed by atoms with Gasteiger partial charge in [-0.1, -0.05) is 11.2 Å². The lowest BCUT2D eigenvalue weighted by Gasteiger charge is -2.36. The van der Waals surface area contributed by atoms with E-state index >= 15 is 0 Å². The molecule has 3 heterocycles. The van der Waals surface area contributed by atoms with Gasteiger partial charge in [0.2, 0.25) is 11.8 Å². The van der Waals surface area contributed by atoms with Crippen LogP contribution in [-0.2, 0) is 16.1 Å². The zero-order valence-electron chi connectivity index (χ0n) is 18.7. The first-order valence-electron chi connectivity index (χ1n) is 11.4. The standard InChI is InChI=1S/C23H30N6O4/c1-14(24)23(32)29-9-6-17(7-10-29)20(22(31)26-13-15-3-2-8-25-12-15)27-21(30)18-11-19(33-28-18)16-4-5-16/h2-3,8,11-12,14,16-17,20H,4-7,9-10,13,24H2,1H3,(H,26,31)(H,27,30)/t14-,20?/m0/s1. The molecule has 2 atom stereocenters. The number of pyridine rings is 1. The molecule has 0 bridgehead atoms. The smallest absolute Gasteiger partial charge is 0.274 e. The van der Waals surface area contributed by atoms with Crippen molar-refractivity contribution in [3.8, 4) is 0 Å². The lowest BCUT2D eigenvalue weighted by atomic mass is 9.88. The average molecular weight is 455 g/mol. The minimum Gasteiger partial charge on any atom is -0.360 e. The highest BCUT2D eigenvalue weighted by atomic mass is 16.5. The number of carbonyl (C=O) groups is 3. The Morgan fingerprint density at radius 2 is 2.00 bits per heavy atom. The number of rotatable bonds is 8. The molecule has 2 aromatic rings. The van der Waals surface area contributed by atoms with E-state index in [1.165, 1.54) is 0 Å². The molecule has 1 saturated carbocycles. The highest BCUT2D eigenvalue weighted by Crippen LogP contribution is 2.40. The molecule has 1 aliphatic carbocycles. The molecule has 2 aliphatic rings. The van der Waals surface area contributed by atoms with E-state index in [1.807, 2.05) is 6.07 Å². The number of likely N-dealkylation sites (tertiary alicyclic amines) is 1. The van der Waals surface area contributed by atoms with Crippen LogP contribution in [0.4, 0.5) is 0 Å². The first kappa shape index (κ1) is 22.9. The second kappa shape index (κ2) is 10.1. The largest absolute Gasteiger partial charge is 0.360 e. The van der Waals surface area contributed by atoms with Crippen molar-refractivity contribution in [2.45, 2.75) is 57.2 Å². The fraction of sp³-hybridized carbons (Fsp3) is 0.522. The molecule has 0 radical (unpaired) electrons. The van der Waals surface area contributed by atoms with Crippen LogP contribution in [0.1, 0.15) is 60.3 Å². The highest BCUT2D eigenvalue weighted by Gasteiger charge is 2.35. The van der Waals surface area contributed by atoms with Gasteiger partial charge in [0.05, 0.1) is 6.04 Å². The summed E-state index contributed by atoms with van der Waals surface area (Å²) >= 11 is 0. The maximum absolute atomic E-state index is 13.1. The van der Waals surface area contributed by atoms with Gasteiger partial charge in [0, 0.05) is 44.0 Å². The third kappa shape index (κ3) is 5.75. The summed E-state index contributed by atoms with van der Waals surface area (Å²) in [7, 11) is 0. The summed E-state index contributed by atoms with van der Waals surface area (Å²) < 4.78 is 5.29. The summed E-state index contributed by atoms with van der Waals surface area (Å²) in [5.41, 5.74) is 6.76. The number of carbonyl (C=O) groups excluding carboxylic acids is 3. The molecule has 3 amide bonds. The van der Waals surface area contributed by atoms with Crippen molar-refractivity contribution in [3.63, 3.8) is 0 Å². The van der Waals surface area contributed by atoms with Crippen molar-refractivity contribution in [3.05, 3.63) is 47.6 Å². The summed E-state index contributed by atoms with van der Waals surface area (Å²) in [6.07, 6.45) is 6.58. The summed E-state index contributed by atoms with van der Waals surface area (Å²) in [4.78, 5) is 44.0. The van der Waals surface area contributed by atoms with Gasteiger partial charge in [-0.3, -0.25) is 19.4 Å². The van der Waals surface area contributed by atoms with Crippen LogP contribution in [0.2, 0.25) is 0 Å². The zero-order chi connectivity index (χ0) is 23.4. The Morgan fingerprint density at radius 3 is 2.64 bits per heavy atom. The van der Waals surface area contributed by atoms with Crippen LogP contribution in [0.3, 0.4) is 0 Å². The molecule has 4 N–H and O–H groups in total. The van der Waals surface area contributed by atoms with Gasteiger partial charge in [-0.25, -0.2) is 0 Å². The first-order chi connectivity index (χ1) is 15.9. The minimum absolute atomic E-state index is 0.106. The van der Waals surface area contributed by atoms with Crippen molar-refractivity contribution in [2.75, 3.05) is 13.1 Å². The number of nitrogens with one attached hydrogen (secondary N) is 2. The lowest BCUT2D eigenvalue weighted by Crippen LogP contribution is -2.54. The van der Waals surface area contributed by atoms with E-state index < -0.39 is 18.0 Å². The Bertz CT molecular complexity index is 980. The van der Waals surface area contributed by atoms with Gasteiger partial charge in [-0.15, -0.1) is 0 Å². The van der Waals surface area contributed by atoms with Gasteiger partial charge in [0.25, 0.3) is 5.91 Å². The fourth-order valence-corrected chi connectivity index (χ4v) is 4.11. The van der Waals surface area contributed by atoms with E-state index in [0.29, 0.717) is 44.2 Å². The maximum atomic E-state index is 13.1. The predicted molar refractivity (Wildman–Crippen MR) is 119 cm³/mol. The summed E-state index contributed by atoms with van der Waals surface area (Å²) in [6, 6.07) is 4.00. The van der Waals surface area contributed by atoms with Gasteiger partial charge in [0.1, 0.15) is 11.8 Å². The quantitative estimate of drug-likeness (QED) is 0.539. The second-order valence-electron chi connectivity index (χ2n) is 8.87. The molecule has 2 fully saturated rings. The first-order valence-corrected chi connectivity index (χ1v) is 11.4. The Hall–Kier alpha value is -3.27. The number of nitrogens with two attached hydrogens (primary N) is 1. The molecule has 0 spiro atoms. The molecule has 176 valence electrons. The van der Waals surface area contributed by atoms with Crippen LogP contribution < -0.4 is 16.4 Å². The van der Waals surface area contributed by atoms with Crippen molar-refractivity contribution in [1.82, 2.24) is 25.7 Å². The topological polar surface area (TPSA) is 143 Å². The van der Waals surface area contributed by atoms with Crippen LogP contribution in [0.25, 0.3) is 0 Å². The molecule has 10 nitrogen and oxygen atoms in total. The van der Waals surface area contributed by atoms with Crippen molar-refractivity contribution < 1.29 is 18.9 Å². The van der Waals surface area contributed by atoms with Crippen LogP contribution in [0, 0.1) is 5.92 Å². The molecule has 0 aromatic carbocycles. The molecular formula is C23H30N6O4. The fourth-order valence-electron chi connectivity index (χ4n) is 4.11. The maximum Gasteiger partial charge on any atom is 0.274 e. The van der Waals surface area contributed by atoms with E-state index in [-0.39, 0.29) is 23.4 Å². The normalized spacial score (nSPS) is 18.4. The summed E-state index contributed by atoms with van der Waals surface area (Å²) in [5.74, 6) is 0.0845. The number of hydrogen-bond donors (Lipinski definition) is 3. The number of hydrogen-bond acceptors (Lipinski definition) is 7.